The Morgan fingerprint density at radius 1 is 0.476 bits per heavy atom. The van der Waals surface area contributed by atoms with E-state index in [2.05, 4.69) is 41.5 Å². The molecule has 0 amide bonds. The molecule has 8 aliphatic rings. The largest absolute Gasteiger partial charge is 0.358 e. The van der Waals surface area contributed by atoms with Crippen molar-refractivity contribution in [3.05, 3.63) is 7.43 Å². The minimum Gasteiger partial charge on any atom is -0.358 e. The summed E-state index contributed by atoms with van der Waals surface area (Å²) in [5.74, 6) is 7.09. The molecule has 0 aromatic carbocycles. The third-order valence-corrected chi connectivity index (χ3v) is 24.3. The van der Waals surface area contributed by atoms with E-state index in [0.29, 0.717) is 10.3 Å². The standard InChI is InChI=1S/C25H39P.C13H27P.CH3.Pd/c1-2-4-23(3-1)26(24-11-17-5-7-19(13-24)21(9-17)15-24)25-12-18-6-8-20(14-25)22(10-18)16-25;1-12(2,3)14(13(4,5)6)11-9-7-8-10-11;;/h17-23H,1-16H2;11H,7-10H2,1-6H3;1H3;/q;;-1;/p+2. The Bertz CT molecular complexity index is 840. The molecule has 0 saturated heterocycles. The first-order chi connectivity index (χ1) is 19.0. The topological polar surface area (TPSA) is 0 Å². The van der Waals surface area contributed by atoms with Crippen LogP contribution in [0.2, 0.25) is 0 Å². The maximum absolute atomic E-state index is 2.46. The van der Waals surface area contributed by atoms with Gasteiger partial charge in [0.25, 0.3) is 0 Å². The predicted molar refractivity (Wildman–Crippen MR) is 189 cm³/mol. The fourth-order valence-corrected chi connectivity index (χ4v) is 27.2. The third-order valence-electron chi connectivity index (χ3n) is 14.8. The normalized spacial score (nSPS) is 43.2. The molecule has 6 bridgehead atoms. The molecule has 8 fully saturated rings. The van der Waals surface area contributed by atoms with Gasteiger partial charge >= 0.3 is 0 Å². The monoisotopic (exact) mass is 707 g/mol. The molecule has 0 radical (unpaired) electrons. The summed E-state index contributed by atoms with van der Waals surface area (Å²) in [6, 6.07) is 0. The second-order valence-corrected chi connectivity index (χ2v) is 27.9. The quantitative estimate of drug-likeness (QED) is 0.155. The van der Waals surface area contributed by atoms with Crippen molar-refractivity contribution in [2.24, 2.45) is 35.5 Å². The van der Waals surface area contributed by atoms with E-state index in [1.54, 1.807) is 103 Å². The van der Waals surface area contributed by atoms with E-state index >= 15 is 0 Å². The molecule has 0 nitrogen and oxygen atoms in total. The third kappa shape index (κ3) is 6.36. The summed E-state index contributed by atoms with van der Waals surface area (Å²) in [4.78, 5) is 0. The molecular formula is C39H71P2Pd+. The van der Waals surface area contributed by atoms with Crippen LogP contribution in [0.15, 0.2) is 0 Å². The average Bonchev–Trinajstić information content (AvgIpc) is 3.61. The molecule has 42 heavy (non-hydrogen) atoms. The molecule has 8 aliphatic carbocycles. The van der Waals surface area contributed by atoms with Crippen molar-refractivity contribution < 1.29 is 20.4 Å². The van der Waals surface area contributed by atoms with Crippen molar-refractivity contribution >= 4 is 15.8 Å². The maximum atomic E-state index is 2.46. The molecular weight excluding hydrogens is 637 g/mol. The van der Waals surface area contributed by atoms with Crippen LogP contribution in [0.25, 0.3) is 0 Å². The molecule has 0 aromatic rings. The van der Waals surface area contributed by atoms with Gasteiger partial charge in [-0.2, -0.15) is 0 Å². The molecule has 0 aliphatic heterocycles. The van der Waals surface area contributed by atoms with Crippen LogP contribution in [0.4, 0.5) is 0 Å². The van der Waals surface area contributed by atoms with Gasteiger partial charge in [-0.25, -0.2) is 0 Å². The minimum absolute atomic E-state index is 0. The Morgan fingerprint density at radius 2 is 0.857 bits per heavy atom. The van der Waals surface area contributed by atoms with Crippen molar-refractivity contribution in [2.75, 3.05) is 0 Å². The second kappa shape index (κ2) is 12.9. The average molecular weight is 708 g/mol. The van der Waals surface area contributed by atoms with Gasteiger partial charge < -0.3 is 7.43 Å². The Balaban J connectivity index is 0.000000192. The van der Waals surface area contributed by atoms with Crippen LogP contribution in [0.1, 0.15) is 170 Å². The Kier molecular flexibility index (Phi) is 10.7. The summed E-state index contributed by atoms with van der Waals surface area (Å²) in [6.07, 6.45) is 32.8. The van der Waals surface area contributed by atoms with Crippen LogP contribution >= 0.6 is 15.8 Å². The first-order valence-corrected chi connectivity index (χ1v) is 21.9. The Hall–Kier alpha value is 1.52. The molecule has 8 atom stereocenters. The zero-order chi connectivity index (χ0) is 27.9. The minimum atomic E-state index is -0.253. The van der Waals surface area contributed by atoms with E-state index < -0.39 is 0 Å². The van der Waals surface area contributed by atoms with Gasteiger partial charge in [0.05, 0.1) is 31.9 Å². The van der Waals surface area contributed by atoms with E-state index in [1.165, 1.54) is 66.8 Å². The Labute approximate surface area is 279 Å². The van der Waals surface area contributed by atoms with Gasteiger partial charge in [0.1, 0.15) is 0 Å². The van der Waals surface area contributed by atoms with Crippen LogP contribution in [-0.4, -0.2) is 31.9 Å². The number of fused-ring (bicyclic) bond motifs is 4. The second-order valence-electron chi connectivity index (χ2n) is 19.5. The van der Waals surface area contributed by atoms with Crippen LogP contribution in [0.3, 0.4) is 0 Å². The van der Waals surface area contributed by atoms with Crippen molar-refractivity contribution in [3.8, 4) is 0 Å². The van der Waals surface area contributed by atoms with Crippen LogP contribution in [0.5, 0.6) is 0 Å². The van der Waals surface area contributed by atoms with Gasteiger partial charge in [-0.1, -0.05) is 12.8 Å². The van der Waals surface area contributed by atoms with E-state index in [-0.39, 0.29) is 43.7 Å². The number of rotatable bonds is 4. The van der Waals surface area contributed by atoms with E-state index in [9.17, 15) is 0 Å². The smallest absolute Gasteiger partial charge is 0.0793 e. The predicted octanol–water partition coefficient (Wildman–Crippen LogP) is 12.3. The van der Waals surface area contributed by atoms with Gasteiger partial charge in [0.15, 0.2) is 0 Å². The fourth-order valence-electron chi connectivity index (χ4n) is 14.7. The molecule has 246 valence electrons. The van der Waals surface area contributed by atoms with Crippen LogP contribution < -0.4 is 0 Å². The van der Waals surface area contributed by atoms with Gasteiger partial charge in [0, 0.05) is 36.3 Å². The summed E-state index contributed by atoms with van der Waals surface area (Å²) in [5.41, 5.74) is 2.33. The number of hydrogen-bond donors (Lipinski definition) is 0. The van der Waals surface area contributed by atoms with Crippen molar-refractivity contribution in [1.29, 1.82) is 0 Å². The van der Waals surface area contributed by atoms with Gasteiger partial charge in [-0.15, -0.1) is 0 Å². The fraction of sp³-hybridized carbons (Fsp3) is 0.974. The molecule has 0 spiro atoms. The summed E-state index contributed by atoms with van der Waals surface area (Å²) in [5, 5.41) is 3.00. The first-order valence-electron chi connectivity index (χ1n) is 18.7. The van der Waals surface area contributed by atoms with Crippen molar-refractivity contribution in [2.45, 2.75) is 202 Å². The van der Waals surface area contributed by atoms with E-state index in [4.69, 9.17) is 0 Å². The molecule has 3 heteroatoms. The molecule has 0 heterocycles. The SMILES string of the molecule is C1CCC([PH+](C23CC4CCC(C2)C(C4)C3)C23CC4CCC(C2)C(C4)C3)C1.CC(C)(C)[PH+](C1CCCC1)C(C)(C)C.[CH3-].[Pd]. The molecule has 0 aromatic heterocycles. The summed E-state index contributed by atoms with van der Waals surface area (Å²) in [7, 11) is -0.464. The van der Waals surface area contributed by atoms with Crippen LogP contribution in [0, 0.1) is 42.9 Å². The molecule has 8 rings (SSSR count). The summed E-state index contributed by atoms with van der Waals surface area (Å²) in [6.45, 7) is 14.8. The van der Waals surface area contributed by atoms with Gasteiger partial charge in [-0.05, 0) is 193 Å². The maximum Gasteiger partial charge on any atom is 0.0793 e. The molecule has 8 unspecified atom stereocenters. The van der Waals surface area contributed by atoms with Crippen molar-refractivity contribution in [1.82, 2.24) is 0 Å². The summed E-state index contributed by atoms with van der Waals surface area (Å²) >= 11 is 0. The zero-order valence-electron chi connectivity index (χ0n) is 29.1. The first kappa shape index (κ1) is 34.8. The molecule has 0 N–H and O–H groups in total. The van der Waals surface area contributed by atoms with Crippen LogP contribution in [-0.2, 0) is 20.4 Å². The summed E-state index contributed by atoms with van der Waals surface area (Å²) < 4.78 is 0. The van der Waals surface area contributed by atoms with Crippen molar-refractivity contribution in [3.63, 3.8) is 0 Å². The zero-order valence-corrected chi connectivity index (χ0v) is 32.6. The van der Waals surface area contributed by atoms with E-state index in [0.717, 1.165) is 16.0 Å². The number of hydrogen-bond acceptors (Lipinski definition) is 0. The Morgan fingerprint density at radius 3 is 1.26 bits per heavy atom. The van der Waals surface area contributed by atoms with Gasteiger partial charge in [-0.3, -0.25) is 0 Å². The van der Waals surface area contributed by atoms with Gasteiger partial charge in [0.2, 0.25) is 0 Å². The molecule has 8 saturated carbocycles. The van der Waals surface area contributed by atoms with E-state index in [1.807, 2.05) is 0 Å².